The van der Waals surface area contributed by atoms with E-state index >= 15 is 0 Å². The smallest absolute Gasteiger partial charge is 0.231 e. The van der Waals surface area contributed by atoms with E-state index in [2.05, 4.69) is 17.1 Å². The van der Waals surface area contributed by atoms with E-state index in [-0.39, 0.29) is 5.75 Å². The first-order valence-electron chi connectivity index (χ1n) is 7.10. The lowest BCUT2D eigenvalue weighted by Gasteiger charge is -2.27. The first-order valence-corrected chi connectivity index (χ1v) is 9.19. The molecule has 2 heterocycles. The van der Waals surface area contributed by atoms with Gasteiger partial charge in [0, 0.05) is 16.8 Å². The first-order chi connectivity index (χ1) is 10.3. The summed E-state index contributed by atoms with van der Waals surface area (Å²) in [4.78, 5) is 4.58. The summed E-state index contributed by atoms with van der Waals surface area (Å²) < 4.78 is 5.40. The fourth-order valence-corrected chi connectivity index (χ4v) is 5.37. The van der Waals surface area contributed by atoms with Gasteiger partial charge in [-0.05, 0) is 24.1 Å². The Morgan fingerprint density at radius 1 is 1.24 bits per heavy atom. The highest BCUT2D eigenvalue weighted by atomic mass is 32.2. The van der Waals surface area contributed by atoms with Crippen LogP contribution in [-0.4, -0.2) is 32.0 Å². The molecule has 0 bridgehead atoms. The van der Waals surface area contributed by atoms with Crippen LogP contribution in [0.1, 0.15) is 35.9 Å². The molecule has 2 aromatic rings. The van der Waals surface area contributed by atoms with Crippen LogP contribution in [0.4, 0.5) is 0 Å². The van der Waals surface area contributed by atoms with Gasteiger partial charge in [0.2, 0.25) is 5.89 Å². The van der Waals surface area contributed by atoms with Crippen LogP contribution >= 0.6 is 23.5 Å². The molecule has 4 nitrogen and oxygen atoms in total. The van der Waals surface area contributed by atoms with E-state index in [4.69, 9.17) is 4.52 Å². The largest absolute Gasteiger partial charge is 0.508 e. The van der Waals surface area contributed by atoms with Crippen LogP contribution in [-0.2, 0) is 6.42 Å². The van der Waals surface area contributed by atoms with Crippen molar-refractivity contribution in [3.63, 3.8) is 0 Å². The fourth-order valence-electron chi connectivity index (χ4n) is 2.39. The third-order valence-electron chi connectivity index (χ3n) is 3.48. The summed E-state index contributed by atoms with van der Waals surface area (Å²) in [6.07, 6.45) is 1.73. The molecule has 0 spiro atoms. The molecule has 3 rings (SSSR count). The molecule has 6 heteroatoms. The normalized spacial score (nSPS) is 22.3. The predicted octanol–water partition coefficient (Wildman–Crippen LogP) is 3.67. The minimum absolute atomic E-state index is 0.270. The number of nitrogens with zero attached hydrogens (tertiary/aromatic N) is 2. The first kappa shape index (κ1) is 14.8. The molecule has 1 aromatic carbocycles. The maximum atomic E-state index is 9.30. The van der Waals surface area contributed by atoms with Gasteiger partial charge in [-0.15, -0.1) is 11.8 Å². The number of hydrogen-bond acceptors (Lipinski definition) is 6. The minimum atomic E-state index is 0.270. The lowest BCUT2D eigenvalue weighted by molar-refractivity contribution is 0.378. The van der Waals surface area contributed by atoms with Crippen molar-refractivity contribution in [1.82, 2.24) is 10.1 Å². The molecule has 0 radical (unpaired) electrons. The highest BCUT2D eigenvalue weighted by Gasteiger charge is 2.30. The Bertz CT molecular complexity index is 586. The minimum Gasteiger partial charge on any atom is -0.508 e. The quantitative estimate of drug-likeness (QED) is 0.927. The van der Waals surface area contributed by atoms with Crippen molar-refractivity contribution in [3.05, 3.63) is 41.5 Å². The van der Waals surface area contributed by atoms with Crippen molar-refractivity contribution in [2.75, 3.05) is 11.5 Å². The summed E-state index contributed by atoms with van der Waals surface area (Å²) in [7, 11) is 0. The van der Waals surface area contributed by atoms with E-state index in [1.54, 1.807) is 12.1 Å². The van der Waals surface area contributed by atoms with Gasteiger partial charge in [-0.3, -0.25) is 0 Å². The summed E-state index contributed by atoms with van der Waals surface area (Å²) in [6, 6.07) is 7.10. The fraction of sp³-hybridized carbons (Fsp3) is 0.467. The predicted molar refractivity (Wildman–Crippen MR) is 86.9 cm³/mol. The van der Waals surface area contributed by atoms with Gasteiger partial charge in [-0.1, -0.05) is 24.2 Å². The zero-order chi connectivity index (χ0) is 14.7. The van der Waals surface area contributed by atoms with E-state index in [0.29, 0.717) is 22.8 Å². The molecular formula is C15H18N2O2S2. The van der Waals surface area contributed by atoms with E-state index in [0.717, 1.165) is 23.6 Å². The van der Waals surface area contributed by atoms with Crippen LogP contribution in [0.2, 0.25) is 0 Å². The van der Waals surface area contributed by atoms with Crippen LogP contribution in [0.15, 0.2) is 28.8 Å². The standard InChI is InChI=1S/C15H18N2O2S2/c1-2-12-14(21-8-7-20-12)15-16-13(19-17-15)9-10-3-5-11(18)6-4-10/h3-6,12,14,18H,2,7-9H2,1H3. The van der Waals surface area contributed by atoms with Gasteiger partial charge in [0.15, 0.2) is 5.82 Å². The van der Waals surface area contributed by atoms with Gasteiger partial charge < -0.3 is 9.63 Å². The third kappa shape index (κ3) is 3.55. The van der Waals surface area contributed by atoms with E-state index in [9.17, 15) is 5.11 Å². The molecule has 1 saturated heterocycles. The molecule has 1 fully saturated rings. The number of aromatic nitrogens is 2. The SMILES string of the molecule is CCC1SCCSC1c1noc(Cc2ccc(O)cc2)n1. The molecule has 0 amide bonds. The summed E-state index contributed by atoms with van der Waals surface area (Å²) in [6.45, 7) is 2.22. The Kier molecular flexibility index (Phi) is 4.75. The van der Waals surface area contributed by atoms with Crippen molar-refractivity contribution in [2.24, 2.45) is 0 Å². The van der Waals surface area contributed by atoms with Crippen LogP contribution < -0.4 is 0 Å². The van der Waals surface area contributed by atoms with Gasteiger partial charge in [0.25, 0.3) is 0 Å². The molecule has 0 saturated carbocycles. The molecule has 1 N–H and O–H groups in total. The maximum absolute atomic E-state index is 9.30. The topological polar surface area (TPSA) is 59.2 Å². The lowest BCUT2D eigenvalue weighted by Crippen LogP contribution is -2.19. The van der Waals surface area contributed by atoms with Crippen molar-refractivity contribution in [3.8, 4) is 5.75 Å². The lowest BCUT2D eigenvalue weighted by atomic mass is 10.1. The molecule has 2 atom stereocenters. The number of phenols is 1. The zero-order valence-electron chi connectivity index (χ0n) is 11.9. The Morgan fingerprint density at radius 2 is 2.00 bits per heavy atom. The molecule has 0 aliphatic carbocycles. The summed E-state index contributed by atoms with van der Waals surface area (Å²) in [5.41, 5.74) is 1.06. The molecule has 112 valence electrons. The Morgan fingerprint density at radius 3 is 2.76 bits per heavy atom. The molecule has 1 aliphatic rings. The Balaban J connectivity index is 1.72. The van der Waals surface area contributed by atoms with Crippen LogP contribution in [0.3, 0.4) is 0 Å². The van der Waals surface area contributed by atoms with E-state index in [1.165, 1.54) is 5.75 Å². The van der Waals surface area contributed by atoms with Crippen LogP contribution in [0.25, 0.3) is 0 Å². The third-order valence-corrected chi connectivity index (χ3v) is 6.73. The monoisotopic (exact) mass is 322 g/mol. The molecule has 21 heavy (non-hydrogen) atoms. The van der Waals surface area contributed by atoms with Crippen molar-refractivity contribution < 1.29 is 9.63 Å². The second kappa shape index (κ2) is 6.75. The Labute approximate surface area is 132 Å². The second-order valence-electron chi connectivity index (χ2n) is 5.00. The van der Waals surface area contributed by atoms with Gasteiger partial charge in [-0.25, -0.2) is 0 Å². The highest BCUT2D eigenvalue weighted by Crippen LogP contribution is 2.42. The average Bonchev–Trinajstić information content (AvgIpc) is 2.98. The summed E-state index contributed by atoms with van der Waals surface area (Å²) in [5.74, 6) is 4.09. The molecule has 2 unspecified atom stereocenters. The average molecular weight is 322 g/mol. The van der Waals surface area contributed by atoms with Crippen molar-refractivity contribution >= 4 is 23.5 Å². The number of hydrogen-bond donors (Lipinski definition) is 1. The van der Waals surface area contributed by atoms with Gasteiger partial charge in [0.1, 0.15) is 5.75 Å². The number of benzene rings is 1. The molecule has 1 aromatic heterocycles. The molecule has 1 aliphatic heterocycles. The highest BCUT2D eigenvalue weighted by molar-refractivity contribution is 8.06. The van der Waals surface area contributed by atoms with Gasteiger partial charge >= 0.3 is 0 Å². The number of thioether (sulfide) groups is 2. The zero-order valence-corrected chi connectivity index (χ0v) is 13.5. The molecular weight excluding hydrogens is 304 g/mol. The Hall–Kier alpha value is -1.14. The van der Waals surface area contributed by atoms with E-state index < -0.39 is 0 Å². The number of aromatic hydroxyl groups is 1. The van der Waals surface area contributed by atoms with Crippen LogP contribution in [0.5, 0.6) is 5.75 Å². The number of phenolic OH excluding ortho intramolecular Hbond substituents is 1. The van der Waals surface area contributed by atoms with Crippen LogP contribution in [0, 0.1) is 0 Å². The van der Waals surface area contributed by atoms with Crippen molar-refractivity contribution in [1.29, 1.82) is 0 Å². The summed E-state index contributed by atoms with van der Waals surface area (Å²) >= 11 is 3.94. The van der Waals surface area contributed by atoms with Gasteiger partial charge in [0.05, 0.1) is 11.7 Å². The van der Waals surface area contributed by atoms with E-state index in [1.807, 2.05) is 35.7 Å². The maximum Gasteiger partial charge on any atom is 0.231 e. The number of rotatable bonds is 4. The van der Waals surface area contributed by atoms with Gasteiger partial charge in [-0.2, -0.15) is 16.7 Å². The van der Waals surface area contributed by atoms with Crippen molar-refractivity contribution in [2.45, 2.75) is 30.3 Å². The second-order valence-corrected chi connectivity index (χ2v) is 7.59. The summed E-state index contributed by atoms with van der Waals surface area (Å²) in [5, 5.41) is 14.4.